The zero-order valence-corrected chi connectivity index (χ0v) is 11.6. The van der Waals surface area contributed by atoms with Gasteiger partial charge >= 0.3 is 0 Å². The molecular formula is C14H28N2O. The third-order valence-corrected chi connectivity index (χ3v) is 4.50. The largest absolute Gasteiger partial charge is 0.380 e. The maximum Gasteiger partial charge on any atom is 0.0645 e. The van der Waals surface area contributed by atoms with Gasteiger partial charge in [-0.1, -0.05) is 13.8 Å². The van der Waals surface area contributed by atoms with E-state index in [1.807, 2.05) is 0 Å². The zero-order chi connectivity index (χ0) is 12.4. The van der Waals surface area contributed by atoms with E-state index in [1.54, 1.807) is 0 Å². The van der Waals surface area contributed by atoms with Crippen LogP contribution in [0.25, 0.3) is 0 Å². The highest BCUT2D eigenvalue weighted by atomic mass is 16.5. The van der Waals surface area contributed by atoms with Crippen LogP contribution in [0.15, 0.2) is 0 Å². The molecule has 2 aliphatic rings. The normalized spacial score (nSPS) is 37.9. The van der Waals surface area contributed by atoms with Crippen LogP contribution in [0.3, 0.4) is 0 Å². The van der Waals surface area contributed by atoms with Crippen molar-refractivity contribution in [3.8, 4) is 0 Å². The third-order valence-electron chi connectivity index (χ3n) is 4.50. The summed E-state index contributed by atoms with van der Waals surface area (Å²) in [7, 11) is 0. The Labute approximate surface area is 106 Å². The first kappa shape index (κ1) is 13.3. The van der Waals surface area contributed by atoms with E-state index in [1.165, 1.54) is 32.2 Å². The number of piperidine rings is 1. The third kappa shape index (κ3) is 3.43. The molecule has 2 rings (SSSR count). The molecule has 2 heterocycles. The summed E-state index contributed by atoms with van der Waals surface area (Å²) in [4.78, 5) is 0. The second-order valence-corrected chi connectivity index (χ2v) is 6.70. The Morgan fingerprint density at radius 3 is 2.71 bits per heavy atom. The van der Waals surface area contributed by atoms with Crippen LogP contribution in [0, 0.1) is 5.41 Å². The topological polar surface area (TPSA) is 33.3 Å². The molecule has 0 radical (unpaired) electrons. The minimum Gasteiger partial charge on any atom is -0.380 e. The van der Waals surface area contributed by atoms with Gasteiger partial charge in [-0.25, -0.2) is 0 Å². The first-order valence-corrected chi connectivity index (χ1v) is 7.08. The van der Waals surface area contributed by atoms with E-state index in [0.29, 0.717) is 11.5 Å². The predicted molar refractivity (Wildman–Crippen MR) is 71.3 cm³/mol. The van der Waals surface area contributed by atoms with Crippen LogP contribution in [0.5, 0.6) is 0 Å². The van der Waals surface area contributed by atoms with Gasteiger partial charge in [0.1, 0.15) is 0 Å². The van der Waals surface area contributed by atoms with Gasteiger partial charge < -0.3 is 15.4 Å². The van der Waals surface area contributed by atoms with Crippen molar-refractivity contribution >= 4 is 0 Å². The molecule has 0 aromatic carbocycles. The fourth-order valence-corrected chi connectivity index (χ4v) is 3.04. The molecule has 17 heavy (non-hydrogen) atoms. The van der Waals surface area contributed by atoms with E-state index in [-0.39, 0.29) is 5.54 Å². The summed E-state index contributed by atoms with van der Waals surface area (Å²) in [5, 5.41) is 7.40. The Kier molecular flexibility index (Phi) is 4.11. The maximum absolute atomic E-state index is 5.59. The number of hydrogen-bond acceptors (Lipinski definition) is 3. The standard InChI is InChI=1S/C14H28N2O/c1-13(2)6-4-8-15-12(13)10-16-14(3)7-5-9-17-11-14/h12,15-16H,4-11H2,1-3H3. The van der Waals surface area contributed by atoms with Crippen molar-refractivity contribution in [3.63, 3.8) is 0 Å². The molecule has 2 aliphatic heterocycles. The van der Waals surface area contributed by atoms with Crippen LogP contribution in [0.1, 0.15) is 46.5 Å². The lowest BCUT2D eigenvalue weighted by Crippen LogP contribution is -2.58. The molecule has 2 N–H and O–H groups in total. The molecule has 0 amide bonds. The summed E-state index contributed by atoms with van der Waals surface area (Å²) in [6.07, 6.45) is 5.06. The van der Waals surface area contributed by atoms with Crippen LogP contribution in [-0.4, -0.2) is 37.9 Å². The lowest BCUT2D eigenvalue weighted by Gasteiger charge is -2.42. The molecule has 0 aliphatic carbocycles. The fourth-order valence-electron chi connectivity index (χ4n) is 3.04. The van der Waals surface area contributed by atoms with Gasteiger partial charge in [0, 0.05) is 24.7 Å². The Morgan fingerprint density at radius 2 is 2.06 bits per heavy atom. The molecule has 0 aromatic heterocycles. The summed E-state index contributed by atoms with van der Waals surface area (Å²) in [6.45, 7) is 11.1. The minimum absolute atomic E-state index is 0.188. The molecule has 100 valence electrons. The van der Waals surface area contributed by atoms with E-state index >= 15 is 0 Å². The van der Waals surface area contributed by atoms with Gasteiger partial charge in [-0.05, 0) is 44.6 Å². The molecule has 0 saturated carbocycles. The van der Waals surface area contributed by atoms with Crippen LogP contribution in [0.2, 0.25) is 0 Å². The van der Waals surface area contributed by atoms with Crippen molar-refractivity contribution in [1.82, 2.24) is 10.6 Å². The van der Waals surface area contributed by atoms with Gasteiger partial charge in [0.25, 0.3) is 0 Å². The van der Waals surface area contributed by atoms with Crippen LogP contribution >= 0.6 is 0 Å². The lowest BCUT2D eigenvalue weighted by molar-refractivity contribution is 0.0241. The monoisotopic (exact) mass is 240 g/mol. The van der Waals surface area contributed by atoms with Crippen molar-refractivity contribution in [3.05, 3.63) is 0 Å². The van der Waals surface area contributed by atoms with E-state index < -0.39 is 0 Å². The predicted octanol–water partition coefficient (Wildman–Crippen LogP) is 1.92. The average molecular weight is 240 g/mol. The molecule has 2 atom stereocenters. The molecule has 2 unspecified atom stereocenters. The Hall–Kier alpha value is -0.120. The zero-order valence-electron chi connectivity index (χ0n) is 11.6. The van der Waals surface area contributed by atoms with Gasteiger partial charge in [0.2, 0.25) is 0 Å². The highest BCUT2D eigenvalue weighted by Crippen LogP contribution is 2.30. The van der Waals surface area contributed by atoms with Crippen molar-refractivity contribution in [1.29, 1.82) is 0 Å². The summed E-state index contributed by atoms with van der Waals surface area (Å²) < 4.78 is 5.59. The van der Waals surface area contributed by atoms with Gasteiger partial charge in [-0.2, -0.15) is 0 Å². The lowest BCUT2D eigenvalue weighted by atomic mass is 9.77. The molecule has 2 fully saturated rings. The van der Waals surface area contributed by atoms with Gasteiger partial charge in [0.05, 0.1) is 6.61 Å². The van der Waals surface area contributed by atoms with E-state index in [9.17, 15) is 0 Å². The highest BCUT2D eigenvalue weighted by molar-refractivity contribution is 4.93. The molecule has 0 aromatic rings. The van der Waals surface area contributed by atoms with Crippen LogP contribution in [-0.2, 0) is 4.74 Å². The van der Waals surface area contributed by atoms with Gasteiger partial charge in [0.15, 0.2) is 0 Å². The molecule has 3 heteroatoms. The molecule has 3 nitrogen and oxygen atoms in total. The van der Waals surface area contributed by atoms with Crippen LogP contribution < -0.4 is 10.6 Å². The van der Waals surface area contributed by atoms with Gasteiger partial charge in [-0.15, -0.1) is 0 Å². The minimum atomic E-state index is 0.188. The van der Waals surface area contributed by atoms with E-state index in [4.69, 9.17) is 4.74 Å². The maximum atomic E-state index is 5.59. The summed E-state index contributed by atoms with van der Waals surface area (Å²) >= 11 is 0. The molecular weight excluding hydrogens is 212 g/mol. The van der Waals surface area contributed by atoms with Crippen molar-refractivity contribution in [2.24, 2.45) is 5.41 Å². The highest BCUT2D eigenvalue weighted by Gasteiger charge is 2.34. The summed E-state index contributed by atoms with van der Waals surface area (Å²) in [6, 6.07) is 0.593. The second-order valence-electron chi connectivity index (χ2n) is 6.70. The van der Waals surface area contributed by atoms with Crippen molar-refractivity contribution in [2.45, 2.75) is 58.0 Å². The number of ether oxygens (including phenoxy) is 1. The average Bonchev–Trinajstić information content (AvgIpc) is 2.28. The van der Waals surface area contributed by atoms with Crippen molar-refractivity contribution in [2.75, 3.05) is 26.3 Å². The second kappa shape index (κ2) is 5.25. The fraction of sp³-hybridized carbons (Fsp3) is 1.00. The van der Waals surface area contributed by atoms with E-state index in [2.05, 4.69) is 31.4 Å². The summed E-state index contributed by atoms with van der Waals surface area (Å²) in [5.41, 5.74) is 0.602. The molecule has 2 saturated heterocycles. The summed E-state index contributed by atoms with van der Waals surface area (Å²) in [5.74, 6) is 0. The van der Waals surface area contributed by atoms with Crippen molar-refractivity contribution < 1.29 is 4.74 Å². The Morgan fingerprint density at radius 1 is 1.24 bits per heavy atom. The quantitative estimate of drug-likeness (QED) is 0.791. The molecule has 0 bridgehead atoms. The first-order chi connectivity index (χ1) is 8.02. The number of hydrogen-bond donors (Lipinski definition) is 2. The number of nitrogens with one attached hydrogen (secondary N) is 2. The SMILES string of the molecule is CC1(NCC2NCCCC2(C)C)CCCOC1. The first-order valence-electron chi connectivity index (χ1n) is 7.08. The molecule has 0 spiro atoms. The van der Waals surface area contributed by atoms with E-state index in [0.717, 1.165) is 19.8 Å². The Balaban J connectivity index is 1.84. The van der Waals surface area contributed by atoms with Gasteiger partial charge in [-0.3, -0.25) is 0 Å². The smallest absolute Gasteiger partial charge is 0.0645 e. The number of rotatable bonds is 3. The van der Waals surface area contributed by atoms with Crippen LogP contribution in [0.4, 0.5) is 0 Å². The Bertz CT molecular complexity index is 247.